The van der Waals surface area contributed by atoms with Crippen molar-refractivity contribution in [3.8, 4) is 0 Å². The Balaban J connectivity index is 2.51. The SMILES string of the molecule is Cc1cccc(C(C2C(=O)CCC2CO)S(=O)(=O)O)n1. The summed E-state index contributed by atoms with van der Waals surface area (Å²) in [6.07, 6.45) is 0.644. The molecule has 0 amide bonds. The zero-order chi connectivity index (χ0) is 14.9. The van der Waals surface area contributed by atoms with Gasteiger partial charge < -0.3 is 5.11 Å². The van der Waals surface area contributed by atoms with Crippen LogP contribution in [0.4, 0.5) is 0 Å². The molecular formula is C13H17NO5S. The highest BCUT2D eigenvalue weighted by molar-refractivity contribution is 7.86. The Labute approximate surface area is 117 Å². The fourth-order valence-corrected chi connectivity index (χ4v) is 3.98. The van der Waals surface area contributed by atoms with Gasteiger partial charge in [-0.25, -0.2) is 0 Å². The molecule has 7 heteroatoms. The van der Waals surface area contributed by atoms with Gasteiger partial charge in [-0.15, -0.1) is 0 Å². The summed E-state index contributed by atoms with van der Waals surface area (Å²) in [6.45, 7) is 1.42. The maximum absolute atomic E-state index is 12.0. The van der Waals surface area contributed by atoms with E-state index in [0.717, 1.165) is 0 Å². The van der Waals surface area contributed by atoms with Crippen LogP contribution in [-0.4, -0.2) is 35.5 Å². The third kappa shape index (κ3) is 2.89. The monoisotopic (exact) mass is 299 g/mol. The summed E-state index contributed by atoms with van der Waals surface area (Å²) in [7, 11) is -4.49. The van der Waals surface area contributed by atoms with Gasteiger partial charge in [0.15, 0.2) is 0 Å². The second-order valence-electron chi connectivity index (χ2n) is 5.11. The Morgan fingerprint density at radius 1 is 1.45 bits per heavy atom. The van der Waals surface area contributed by atoms with Gasteiger partial charge in [0.25, 0.3) is 10.1 Å². The smallest absolute Gasteiger partial charge is 0.274 e. The number of hydrogen-bond acceptors (Lipinski definition) is 5. The second kappa shape index (κ2) is 5.59. The number of pyridine rings is 1. The van der Waals surface area contributed by atoms with E-state index < -0.39 is 27.2 Å². The van der Waals surface area contributed by atoms with Crippen molar-refractivity contribution in [2.24, 2.45) is 11.8 Å². The Hall–Kier alpha value is -1.31. The Bertz CT molecular complexity index is 613. The maximum atomic E-state index is 12.0. The summed E-state index contributed by atoms with van der Waals surface area (Å²) < 4.78 is 32.9. The number of Topliss-reactive ketones (excluding diaryl/α,β-unsaturated/α-hetero) is 1. The third-order valence-corrected chi connectivity index (χ3v) is 4.90. The normalized spacial score (nSPS) is 24.9. The Morgan fingerprint density at radius 2 is 2.15 bits per heavy atom. The zero-order valence-electron chi connectivity index (χ0n) is 11.1. The zero-order valence-corrected chi connectivity index (χ0v) is 11.9. The number of aliphatic hydroxyl groups excluding tert-OH is 1. The minimum Gasteiger partial charge on any atom is -0.396 e. The molecule has 1 aliphatic rings. The van der Waals surface area contributed by atoms with Crippen molar-refractivity contribution in [3.63, 3.8) is 0 Å². The molecule has 1 aromatic rings. The molecule has 0 aliphatic heterocycles. The number of carbonyl (C=O) groups excluding carboxylic acids is 1. The standard InChI is InChI=1S/C13H17NO5S/c1-8-3-2-4-10(14-8)13(20(17,18)19)12-9(7-15)5-6-11(12)16/h2-4,9,12-13,15H,5-7H2,1H3,(H,17,18,19). The van der Waals surface area contributed by atoms with Crippen molar-refractivity contribution in [2.45, 2.75) is 25.0 Å². The molecule has 1 heterocycles. The molecule has 20 heavy (non-hydrogen) atoms. The average Bonchev–Trinajstić information content (AvgIpc) is 2.70. The third-order valence-electron chi connectivity index (χ3n) is 3.72. The molecule has 110 valence electrons. The molecule has 1 fully saturated rings. The van der Waals surface area contributed by atoms with E-state index >= 15 is 0 Å². The van der Waals surface area contributed by atoms with Crippen molar-refractivity contribution in [3.05, 3.63) is 29.6 Å². The quantitative estimate of drug-likeness (QED) is 0.801. The van der Waals surface area contributed by atoms with Crippen molar-refractivity contribution in [2.75, 3.05) is 6.61 Å². The number of rotatable bonds is 4. The van der Waals surface area contributed by atoms with Crippen LogP contribution in [0.15, 0.2) is 18.2 Å². The molecule has 0 spiro atoms. The lowest BCUT2D eigenvalue weighted by Crippen LogP contribution is -2.31. The minimum absolute atomic E-state index is 0.145. The van der Waals surface area contributed by atoms with Crippen molar-refractivity contribution in [1.29, 1.82) is 0 Å². The molecule has 1 aromatic heterocycles. The lowest BCUT2D eigenvalue weighted by Gasteiger charge is -2.24. The summed E-state index contributed by atoms with van der Waals surface area (Å²) >= 11 is 0. The lowest BCUT2D eigenvalue weighted by molar-refractivity contribution is -0.121. The number of ketones is 1. The van der Waals surface area contributed by atoms with E-state index in [1.165, 1.54) is 6.07 Å². The lowest BCUT2D eigenvalue weighted by atomic mass is 9.90. The first-order chi connectivity index (χ1) is 9.34. The van der Waals surface area contributed by atoms with Crippen LogP contribution in [0.1, 0.15) is 29.5 Å². The van der Waals surface area contributed by atoms with E-state index in [-0.39, 0.29) is 24.5 Å². The van der Waals surface area contributed by atoms with Gasteiger partial charge in [0.1, 0.15) is 11.0 Å². The van der Waals surface area contributed by atoms with Gasteiger partial charge in [0, 0.05) is 24.6 Å². The van der Waals surface area contributed by atoms with Crippen LogP contribution in [0.2, 0.25) is 0 Å². The van der Waals surface area contributed by atoms with Crippen LogP contribution < -0.4 is 0 Å². The molecule has 6 nitrogen and oxygen atoms in total. The first-order valence-electron chi connectivity index (χ1n) is 6.38. The molecule has 2 rings (SSSR count). The maximum Gasteiger partial charge on any atom is 0.274 e. The van der Waals surface area contributed by atoms with Gasteiger partial charge in [-0.05, 0) is 31.4 Å². The summed E-state index contributed by atoms with van der Waals surface area (Å²) in [6, 6.07) is 4.80. The first-order valence-corrected chi connectivity index (χ1v) is 7.88. The van der Waals surface area contributed by atoms with E-state index in [1.54, 1.807) is 19.1 Å². The van der Waals surface area contributed by atoms with Gasteiger partial charge in [0.05, 0.1) is 5.69 Å². The second-order valence-corrected chi connectivity index (χ2v) is 6.65. The molecule has 0 radical (unpaired) electrons. The molecule has 1 saturated carbocycles. The topological polar surface area (TPSA) is 105 Å². The molecule has 1 aliphatic carbocycles. The number of aryl methyl sites for hydroxylation is 1. The van der Waals surface area contributed by atoms with Crippen molar-refractivity contribution in [1.82, 2.24) is 4.98 Å². The predicted molar refractivity (Wildman–Crippen MR) is 71.6 cm³/mol. The summed E-state index contributed by atoms with van der Waals surface area (Å²) in [5, 5.41) is 7.91. The molecule has 2 N–H and O–H groups in total. The molecule has 0 saturated heterocycles. The Morgan fingerprint density at radius 3 is 2.70 bits per heavy atom. The van der Waals surface area contributed by atoms with Gasteiger partial charge in [0.2, 0.25) is 0 Å². The highest BCUT2D eigenvalue weighted by Gasteiger charge is 2.46. The largest absolute Gasteiger partial charge is 0.396 e. The van der Waals surface area contributed by atoms with E-state index in [4.69, 9.17) is 0 Å². The van der Waals surface area contributed by atoms with E-state index in [1.807, 2.05) is 0 Å². The molecule has 0 bridgehead atoms. The molecular weight excluding hydrogens is 282 g/mol. The van der Waals surface area contributed by atoms with E-state index in [9.17, 15) is 22.9 Å². The number of aliphatic hydroxyl groups is 1. The van der Waals surface area contributed by atoms with Crippen molar-refractivity contribution < 1.29 is 22.9 Å². The number of aromatic nitrogens is 1. The van der Waals surface area contributed by atoms with Crippen LogP contribution in [0.25, 0.3) is 0 Å². The first kappa shape index (κ1) is 15.1. The number of hydrogen-bond donors (Lipinski definition) is 2. The highest BCUT2D eigenvalue weighted by Crippen LogP contribution is 2.41. The van der Waals surface area contributed by atoms with Crippen LogP contribution in [-0.2, 0) is 14.9 Å². The number of carbonyl (C=O) groups is 1. The number of nitrogens with zero attached hydrogens (tertiary/aromatic N) is 1. The summed E-state index contributed by atoms with van der Waals surface area (Å²) in [5.41, 5.74) is 0.744. The molecule has 3 atom stereocenters. The van der Waals surface area contributed by atoms with E-state index in [2.05, 4.69) is 4.98 Å². The molecule has 3 unspecified atom stereocenters. The fourth-order valence-electron chi connectivity index (χ4n) is 2.80. The minimum atomic E-state index is -4.49. The predicted octanol–water partition coefficient (Wildman–Crippen LogP) is 0.907. The van der Waals surface area contributed by atoms with Gasteiger partial charge in [-0.1, -0.05) is 6.07 Å². The van der Waals surface area contributed by atoms with Crippen LogP contribution in [0.5, 0.6) is 0 Å². The Kier molecular flexibility index (Phi) is 4.22. The van der Waals surface area contributed by atoms with Gasteiger partial charge in [-0.3, -0.25) is 14.3 Å². The van der Waals surface area contributed by atoms with Crippen LogP contribution >= 0.6 is 0 Å². The van der Waals surface area contributed by atoms with E-state index in [0.29, 0.717) is 12.1 Å². The molecule has 0 aromatic carbocycles. The summed E-state index contributed by atoms with van der Waals surface area (Å²) in [5.74, 6) is -1.66. The van der Waals surface area contributed by atoms with Crippen molar-refractivity contribution >= 4 is 15.9 Å². The fraction of sp³-hybridized carbons (Fsp3) is 0.538. The highest BCUT2D eigenvalue weighted by atomic mass is 32.2. The summed E-state index contributed by atoms with van der Waals surface area (Å²) in [4.78, 5) is 16.1. The van der Waals surface area contributed by atoms with Gasteiger partial charge >= 0.3 is 0 Å². The average molecular weight is 299 g/mol. The van der Waals surface area contributed by atoms with Gasteiger partial charge in [-0.2, -0.15) is 8.42 Å². The van der Waals surface area contributed by atoms with Crippen LogP contribution in [0, 0.1) is 18.8 Å². The van der Waals surface area contributed by atoms with Crippen LogP contribution in [0.3, 0.4) is 0 Å².